The Morgan fingerprint density at radius 3 is 2.75 bits per heavy atom. The van der Waals surface area contributed by atoms with E-state index in [0.717, 1.165) is 51.6 Å². The van der Waals surface area contributed by atoms with E-state index < -0.39 is 0 Å². The van der Waals surface area contributed by atoms with Gasteiger partial charge in [0.1, 0.15) is 5.82 Å². The SMILES string of the molecule is CC(C=CC(=CNO)CNc1cc(-c2ccccc2)nc2c(Br)cnn12)=NCCN(C)C. The highest BCUT2D eigenvalue weighted by Crippen LogP contribution is 2.25. The molecular formula is C23H28BrN7O. The van der Waals surface area contributed by atoms with Gasteiger partial charge in [-0.25, -0.2) is 4.98 Å². The molecule has 3 rings (SSSR count). The Labute approximate surface area is 196 Å². The van der Waals surface area contributed by atoms with Gasteiger partial charge in [0.25, 0.3) is 0 Å². The van der Waals surface area contributed by atoms with Crippen molar-refractivity contribution < 1.29 is 5.21 Å². The van der Waals surface area contributed by atoms with Gasteiger partial charge in [0.15, 0.2) is 5.65 Å². The molecular weight excluding hydrogens is 470 g/mol. The van der Waals surface area contributed by atoms with Crippen LogP contribution in [-0.2, 0) is 0 Å². The standard InChI is InChI=1S/C23H28BrN7O/c1-17(25-11-12-30(2)3)9-10-18(15-28-32)14-26-22-13-21(19-7-5-4-6-8-19)29-23-20(24)16-27-31(22)23/h4-10,13,15-16,26,28,32H,11-12,14H2,1-3H3. The number of nitrogens with zero attached hydrogens (tertiary/aromatic N) is 5. The van der Waals surface area contributed by atoms with Crippen molar-refractivity contribution in [3.8, 4) is 11.3 Å². The van der Waals surface area contributed by atoms with Gasteiger partial charge in [-0.15, -0.1) is 0 Å². The summed E-state index contributed by atoms with van der Waals surface area (Å²) in [6.45, 7) is 4.06. The summed E-state index contributed by atoms with van der Waals surface area (Å²) >= 11 is 3.53. The number of fused-ring (bicyclic) bond motifs is 1. The summed E-state index contributed by atoms with van der Waals surface area (Å²) in [6, 6.07) is 12.0. The minimum absolute atomic E-state index is 0.458. The highest BCUT2D eigenvalue weighted by molar-refractivity contribution is 9.10. The first-order valence-corrected chi connectivity index (χ1v) is 11.0. The molecule has 0 aliphatic heterocycles. The number of rotatable bonds is 10. The van der Waals surface area contributed by atoms with Crippen molar-refractivity contribution in [1.82, 2.24) is 25.0 Å². The predicted octanol–water partition coefficient (Wildman–Crippen LogP) is 4.01. The Morgan fingerprint density at radius 1 is 1.25 bits per heavy atom. The van der Waals surface area contributed by atoms with Crippen LogP contribution in [0.2, 0.25) is 0 Å². The molecule has 2 aromatic heterocycles. The quantitative estimate of drug-likeness (QED) is 0.222. The smallest absolute Gasteiger partial charge is 0.172 e. The van der Waals surface area contributed by atoms with Crippen LogP contribution in [-0.4, -0.2) is 64.1 Å². The largest absolute Gasteiger partial charge is 0.366 e. The molecule has 3 aromatic rings. The molecule has 0 fully saturated rings. The molecule has 0 unspecified atom stereocenters. The average molecular weight is 498 g/mol. The maximum Gasteiger partial charge on any atom is 0.172 e. The highest BCUT2D eigenvalue weighted by Gasteiger charge is 2.11. The zero-order valence-corrected chi connectivity index (χ0v) is 20.0. The van der Waals surface area contributed by atoms with Gasteiger partial charge in [-0.2, -0.15) is 9.61 Å². The number of halogens is 1. The van der Waals surface area contributed by atoms with Crippen LogP contribution < -0.4 is 10.8 Å². The zero-order valence-electron chi connectivity index (χ0n) is 18.5. The molecule has 8 nitrogen and oxygen atoms in total. The molecule has 168 valence electrons. The molecule has 0 saturated carbocycles. The van der Waals surface area contributed by atoms with Gasteiger partial charge in [0.2, 0.25) is 0 Å². The van der Waals surface area contributed by atoms with Crippen LogP contribution >= 0.6 is 15.9 Å². The zero-order chi connectivity index (χ0) is 22.9. The number of likely N-dealkylation sites (N-methyl/N-ethyl adjacent to an activating group) is 1. The third-order valence-corrected chi connectivity index (χ3v) is 5.23. The van der Waals surface area contributed by atoms with Crippen LogP contribution in [0.1, 0.15) is 6.92 Å². The topological polar surface area (TPSA) is 90.1 Å². The molecule has 1 aromatic carbocycles. The second-order valence-corrected chi connectivity index (χ2v) is 8.34. The van der Waals surface area contributed by atoms with Crippen LogP contribution in [0.15, 0.2) is 76.0 Å². The molecule has 0 aliphatic rings. The Balaban J connectivity index is 1.80. The van der Waals surface area contributed by atoms with Gasteiger partial charge in [-0.05, 0) is 48.6 Å². The summed E-state index contributed by atoms with van der Waals surface area (Å²) in [5, 5.41) is 17.0. The number of anilines is 1. The molecule has 0 saturated heterocycles. The third kappa shape index (κ3) is 6.49. The van der Waals surface area contributed by atoms with Crippen molar-refractivity contribution in [2.24, 2.45) is 4.99 Å². The average Bonchev–Trinajstić information content (AvgIpc) is 3.16. The van der Waals surface area contributed by atoms with Gasteiger partial charge >= 0.3 is 0 Å². The fourth-order valence-electron chi connectivity index (χ4n) is 2.96. The van der Waals surface area contributed by atoms with E-state index in [9.17, 15) is 5.21 Å². The number of benzene rings is 1. The molecule has 0 atom stereocenters. The van der Waals surface area contributed by atoms with Gasteiger partial charge in [0, 0.05) is 36.6 Å². The van der Waals surface area contributed by atoms with Crippen molar-refractivity contribution in [3.63, 3.8) is 0 Å². The van der Waals surface area contributed by atoms with Crippen molar-refractivity contribution in [3.05, 3.63) is 71.0 Å². The van der Waals surface area contributed by atoms with Gasteiger partial charge < -0.3 is 10.2 Å². The summed E-state index contributed by atoms with van der Waals surface area (Å²) < 4.78 is 2.56. The Hall–Kier alpha value is -3.01. The summed E-state index contributed by atoms with van der Waals surface area (Å²) in [5.74, 6) is 0.785. The van der Waals surface area contributed by atoms with Gasteiger partial charge in [-0.3, -0.25) is 15.7 Å². The monoisotopic (exact) mass is 497 g/mol. The van der Waals surface area contributed by atoms with Crippen molar-refractivity contribution in [2.45, 2.75) is 6.92 Å². The van der Waals surface area contributed by atoms with Crippen LogP contribution in [0, 0.1) is 0 Å². The summed E-state index contributed by atoms with van der Waals surface area (Å²) in [6.07, 6.45) is 7.11. The Morgan fingerprint density at radius 2 is 2.03 bits per heavy atom. The Kier molecular flexibility index (Phi) is 8.55. The first-order valence-electron chi connectivity index (χ1n) is 10.2. The molecule has 3 N–H and O–H groups in total. The lowest BCUT2D eigenvalue weighted by Crippen LogP contribution is -2.15. The maximum absolute atomic E-state index is 9.21. The lowest BCUT2D eigenvalue weighted by molar-refractivity contribution is 0.213. The normalized spacial score (nSPS) is 12.8. The van der Waals surface area contributed by atoms with Crippen LogP contribution in [0.5, 0.6) is 0 Å². The maximum atomic E-state index is 9.21. The molecule has 0 aliphatic carbocycles. The fraction of sp³-hybridized carbons (Fsp3) is 0.261. The first kappa shape index (κ1) is 23.6. The predicted molar refractivity (Wildman–Crippen MR) is 133 cm³/mol. The minimum atomic E-state index is 0.458. The Bertz CT molecular complexity index is 1120. The van der Waals surface area contributed by atoms with E-state index in [1.807, 2.05) is 69.6 Å². The summed E-state index contributed by atoms with van der Waals surface area (Å²) in [4.78, 5) is 11.4. The molecule has 2 heterocycles. The van der Waals surface area contributed by atoms with Gasteiger partial charge in [-0.1, -0.05) is 36.4 Å². The van der Waals surface area contributed by atoms with Crippen LogP contribution in [0.3, 0.4) is 0 Å². The minimum Gasteiger partial charge on any atom is -0.366 e. The number of hydrogen-bond donors (Lipinski definition) is 3. The van der Waals surface area contributed by atoms with E-state index in [0.29, 0.717) is 6.54 Å². The fourth-order valence-corrected chi connectivity index (χ4v) is 3.31. The van der Waals surface area contributed by atoms with E-state index >= 15 is 0 Å². The lowest BCUT2D eigenvalue weighted by Gasteiger charge is -2.11. The molecule has 9 heteroatoms. The second kappa shape index (κ2) is 11.6. The number of allylic oxidation sites excluding steroid dienone is 1. The number of hydrogen-bond acceptors (Lipinski definition) is 7. The van der Waals surface area contributed by atoms with Crippen LogP contribution in [0.25, 0.3) is 16.9 Å². The molecule has 0 bridgehead atoms. The number of nitrogens with one attached hydrogen (secondary N) is 2. The highest BCUT2D eigenvalue weighted by atomic mass is 79.9. The first-order chi connectivity index (χ1) is 15.5. The second-order valence-electron chi connectivity index (χ2n) is 7.48. The molecule has 0 radical (unpaired) electrons. The van der Waals surface area contributed by atoms with E-state index in [-0.39, 0.29) is 0 Å². The lowest BCUT2D eigenvalue weighted by atomic mass is 10.1. The molecule has 0 spiro atoms. The molecule has 0 amide bonds. The number of hydroxylamine groups is 1. The van der Waals surface area contributed by atoms with E-state index in [1.165, 1.54) is 6.20 Å². The van der Waals surface area contributed by atoms with Crippen molar-refractivity contribution in [2.75, 3.05) is 39.0 Å². The van der Waals surface area contributed by atoms with Gasteiger partial charge in [0.05, 0.1) is 22.9 Å². The molecule has 32 heavy (non-hydrogen) atoms. The summed E-state index contributed by atoms with van der Waals surface area (Å²) in [7, 11) is 4.05. The van der Waals surface area contributed by atoms with E-state index in [4.69, 9.17) is 4.98 Å². The van der Waals surface area contributed by atoms with Crippen LogP contribution in [0.4, 0.5) is 5.82 Å². The number of aliphatic imine (C=N–C) groups is 1. The van der Waals surface area contributed by atoms with Crippen molar-refractivity contribution >= 4 is 33.1 Å². The number of aromatic nitrogens is 3. The van der Waals surface area contributed by atoms with E-state index in [1.54, 1.807) is 10.7 Å². The summed E-state index contributed by atoms with van der Waals surface area (Å²) in [5.41, 5.74) is 6.46. The van der Waals surface area contributed by atoms with Crippen molar-refractivity contribution in [1.29, 1.82) is 0 Å². The third-order valence-electron chi connectivity index (χ3n) is 4.67. The van der Waals surface area contributed by atoms with E-state index in [2.05, 4.69) is 41.7 Å².